The Morgan fingerprint density at radius 3 is 2.20 bits per heavy atom. The number of carbonyl (C=O) groups excluding carboxylic acids is 1. The van der Waals surface area contributed by atoms with Crippen molar-refractivity contribution in [1.82, 2.24) is 5.32 Å². The molecule has 0 heterocycles. The molecule has 1 unspecified atom stereocenters. The van der Waals surface area contributed by atoms with Crippen molar-refractivity contribution in [3.8, 4) is 0 Å². The molecule has 0 aliphatic carbocycles. The van der Waals surface area contributed by atoms with Crippen LogP contribution in [0.4, 0.5) is 0 Å². The van der Waals surface area contributed by atoms with Gasteiger partial charge in [-0.15, -0.1) is 0 Å². The lowest BCUT2D eigenvalue weighted by atomic mass is 9.95. The summed E-state index contributed by atoms with van der Waals surface area (Å²) in [7, 11) is 0. The average molecular weight is 358 g/mol. The largest absolute Gasteiger partial charge is 0.465 e. The van der Waals surface area contributed by atoms with Gasteiger partial charge in [0.05, 0.1) is 12.5 Å². The van der Waals surface area contributed by atoms with Gasteiger partial charge in [0.25, 0.3) is 0 Å². The third-order valence-corrected chi connectivity index (χ3v) is 4.65. The summed E-state index contributed by atoms with van der Waals surface area (Å²) in [5.74, 6) is 0.156. The molecule has 25 heavy (non-hydrogen) atoms. The fraction of sp³-hybridized carbons (Fsp3) is 0.952. The number of hydrogen-bond acceptors (Lipinski definition) is 4. The summed E-state index contributed by atoms with van der Waals surface area (Å²) in [6, 6.07) is 0. The summed E-state index contributed by atoms with van der Waals surface area (Å²) in [4.78, 5) is 12.3. The Balaban J connectivity index is 3.68. The normalized spacial score (nSPS) is 12.3. The predicted octanol–water partition coefficient (Wildman–Crippen LogP) is 4.84. The Kier molecular flexibility index (Phi) is 19.2. The maximum atomic E-state index is 12.3. The molecule has 0 aromatic carbocycles. The minimum atomic E-state index is 0.0376. The molecular weight excluding hydrogens is 314 g/mol. The smallest absolute Gasteiger partial charge is 0.308 e. The second kappa shape index (κ2) is 19.7. The number of rotatable bonds is 19. The van der Waals surface area contributed by atoms with Crippen LogP contribution < -0.4 is 5.32 Å². The predicted molar refractivity (Wildman–Crippen MR) is 106 cm³/mol. The molecular formula is C21H43NO3. The number of aliphatic hydroxyl groups is 1. The molecule has 4 heteroatoms. The van der Waals surface area contributed by atoms with Gasteiger partial charge >= 0.3 is 5.97 Å². The number of nitrogens with one attached hydrogen (secondary N) is 1. The van der Waals surface area contributed by atoms with Crippen LogP contribution in [0.15, 0.2) is 0 Å². The Hall–Kier alpha value is -0.610. The molecule has 0 aliphatic rings. The van der Waals surface area contributed by atoms with Gasteiger partial charge in [0, 0.05) is 6.61 Å². The Labute approximate surface area is 156 Å². The lowest BCUT2D eigenvalue weighted by molar-refractivity contribution is -0.149. The van der Waals surface area contributed by atoms with Crippen LogP contribution >= 0.6 is 0 Å². The quantitative estimate of drug-likeness (QED) is 0.256. The van der Waals surface area contributed by atoms with E-state index < -0.39 is 0 Å². The molecule has 0 spiro atoms. The summed E-state index contributed by atoms with van der Waals surface area (Å²) >= 11 is 0. The first-order chi connectivity index (χ1) is 12.3. The van der Waals surface area contributed by atoms with Crippen molar-refractivity contribution in [2.45, 2.75) is 97.3 Å². The highest BCUT2D eigenvalue weighted by atomic mass is 16.5. The number of carbonyl (C=O) groups is 1. The van der Waals surface area contributed by atoms with E-state index >= 15 is 0 Å². The zero-order valence-corrected chi connectivity index (χ0v) is 16.9. The highest BCUT2D eigenvalue weighted by Crippen LogP contribution is 2.19. The molecule has 2 N–H and O–H groups in total. The minimum Gasteiger partial charge on any atom is -0.465 e. The van der Waals surface area contributed by atoms with E-state index in [1.54, 1.807) is 0 Å². The third kappa shape index (κ3) is 16.6. The fourth-order valence-electron chi connectivity index (χ4n) is 2.97. The molecule has 0 fully saturated rings. The van der Waals surface area contributed by atoms with E-state index in [0.717, 1.165) is 70.9 Å². The van der Waals surface area contributed by atoms with Crippen molar-refractivity contribution < 1.29 is 14.6 Å². The molecule has 0 aliphatic heterocycles. The third-order valence-electron chi connectivity index (χ3n) is 4.65. The highest BCUT2D eigenvalue weighted by Gasteiger charge is 2.18. The molecule has 0 aromatic heterocycles. The molecule has 0 bridgehead atoms. The summed E-state index contributed by atoms with van der Waals surface area (Å²) in [5, 5.41) is 12.0. The second-order valence-corrected chi connectivity index (χ2v) is 7.10. The van der Waals surface area contributed by atoms with Crippen LogP contribution in [0.1, 0.15) is 97.3 Å². The van der Waals surface area contributed by atoms with Crippen molar-refractivity contribution in [2.75, 3.05) is 26.3 Å². The summed E-state index contributed by atoms with van der Waals surface area (Å²) in [6.45, 7) is 7.14. The first-order valence-corrected chi connectivity index (χ1v) is 10.7. The molecule has 150 valence electrons. The van der Waals surface area contributed by atoms with Crippen molar-refractivity contribution in [1.29, 1.82) is 0 Å². The van der Waals surface area contributed by atoms with E-state index in [4.69, 9.17) is 9.84 Å². The number of ether oxygens (including phenoxy) is 1. The van der Waals surface area contributed by atoms with Gasteiger partial charge in [0.2, 0.25) is 0 Å². The van der Waals surface area contributed by atoms with Crippen molar-refractivity contribution >= 4 is 5.97 Å². The monoisotopic (exact) mass is 357 g/mol. The van der Waals surface area contributed by atoms with Gasteiger partial charge in [0.15, 0.2) is 0 Å². The lowest BCUT2D eigenvalue weighted by Crippen LogP contribution is -2.19. The molecule has 0 amide bonds. The van der Waals surface area contributed by atoms with Gasteiger partial charge in [-0.25, -0.2) is 0 Å². The van der Waals surface area contributed by atoms with E-state index in [0.29, 0.717) is 6.61 Å². The van der Waals surface area contributed by atoms with Gasteiger partial charge in [-0.1, -0.05) is 65.2 Å². The van der Waals surface area contributed by atoms with Crippen LogP contribution in [0.2, 0.25) is 0 Å². The Bertz CT molecular complexity index is 284. The number of esters is 1. The SMILES string of the molecule is CCCCCCC(CCCC)C(=O)OCCCCCCNCCCO. The first kappa shape index (κ1) is 24.4. The van der Waals surface area contributed by atoms with Gasteiger partial charge < -0.3 is 15.2 Å². The van der Waals surface area contributed by atoms with Crippen LogP contribution in [0.5, 0.6) is 0 Å². The minimum absolute atomic E-state index is 0.0376. The summed E-state index contributed by atoms with van der Waals surface area (Å²) in [6.07, 6.45) is 14.4. The van der Waals surface area contributed by atoms with Gasteiger partial charge in [-0.3, -0.25) is 4.79 Å². The average Bonchev–Trinajstić information content (AvgIpc) is 2.62. The zero-order valence-electron chi connectivity index (χ0n) is 16.9. The van der Waals surface area contributed by atoms with Gasteiger partial charge in [-0.05, 0) is 45.2 Å². The standard InChI is InChI=1S/C21H43NO3/c1-3-5-7-10-15-20(14-6-4-2)21(24)25-19-12-9-8-11-16-22-17-13-18-23/h20,22-23H,3-19H2,1-2H3. The lowest BCUT2D eigenvalue weighted by Gasteiger charge is -2.15. The van der Waals surface area contributed by atoms with Crippen LogP contribution in [0, 0.1) is 5.92 Å². The molecule has 4 nitrogen and oxygen atoms in total. The van der Waals surface area contributed by atoms with Crippen LogP contribution in [-0.2, 0) is 9.53 Å². The maximum Gasteiger partial charge on any atom is 0.308 e. The Morgan fingerprint density at radius 2 is 1.48 bits per heavy atom. The maximum absolute atomic E-state index is 12.3. The highest BCUT2D eigenvalue weighted by molar-refractivity contribution is 5.72. The summed E-state index contributed by atoms with van der Waals surface area (Å²) < 4.78 is 5.54. The number of aliphatic hydroxyl groups excluding tert-OH is 1. The Morgan fingerprint density at radius 1 is 0.840 bits per heavy atom. The topological polar surface area (TPSA) is 58.6 Å². The molecule has 0 rings (SSSR count). The van der Waals surface area contributed by atoms with Crippen LogP contribution in [0.25, 0.3) is 0 Å². The van der Waals surface area contributed by atoms with Crippen LogP contribution in [-0.4, -0.2) is 37.4 Å². The molecule has 0 radical (unpaired) electrons. The molecule has 1 atom stereocenters. The van der Waals surface area contributed by atoms with E-state index in [-0.39, 0.29) is 18.5 Å². The first-order valence-electron chi connectivity index (χ1n) is 10.7. The van der Waals surface area contributed by atoms with E-state index in [1.165, 1.54) is 25.7 Å². The van der Waals surface area contributed by atoms with Gasteiger partial charge in [-0.2, -0.15) is 0 Å². The van der Waals surface area contributed by atoms with Crippen LogP contribution in [0.3, 0.4) is 0 Å². The number of hydrogen-bond donors (Lipinski definition) is 2. The van der Waals surface area contributed by atoms with E-state index in [2.05, 4.69) is 19.2 Å². The number of unbranched alkanes of at least 4 members (excludes halogenated alkanes) is 7. The molecule has 0 aromatic rings. The van der Waals surface area contributed by atoms with E-state index in [9.17, 15) is 4.79 Å². The van der Waals surface area contributed by atoms with Gasteiger partial charge in [0.1, 0.15) is 0 Å². The molecule has 0 saturated heterocycles. The van der Waals surface area contributed by atoms with E-state index in [1.807, 2.05) is 0 Å². The molecule has 0 saturated carbocycles. The fourth-order valence-corrected chi connectivity index (χ4v) is 2.97. The van der Waals surface area contributed by atoms with Crippen molar-refractivity contribution in [3.63, 3.8) is 0 Å². The second-order valence-electron chi connectivity index (χ2n) is 7.10. The van der Waals surface area contributed by atoms with Crippen molar-refractivity contribution in [2.24, 2.45) is 5.92 Å². The zero-order chi connectivity index (χ0) is 18.6. The summed E-state index contributed by atoms with van der Waals surface area (Å²) in [5.41, 5.74) is 0. The van der Waals surface area contributed by atoms with Crippen molar-refractivity contribution in [3.05, 3.63) is 0 Å².